The number of amides is 2. The van der Waals surface area contributed by atoms with Crippen LogP contribution in [0.4, 0.5) is 8.78 Å². The number of carbonyl (C=O) groups is 2. The molecule has 3 N–H and O–H groups in total. The number of fused-ring (bicyclic) bond motifs is 3. The van der Waals surface area contributed by atoms with Crippen molar-refractivity contribution < 1.29 is 32.6 Å². The number of hydrazine groups is 1. The zero-order valence-corrected chi connectivity index (χ0v) is 19.2. The third kappa shape index (κ3) is 4.63. The van der Waals surface area contributed by atoms with Crippen LogP contribution in [0.25, 0.3) is 0 Å². The first-order valence-corrected chi connectivity index (χ1v) is 11.8. The van der Waals surface area contributed by atoms with Crippen LogP contribution in [0.5, 0.6) is 17.2 Å². The van der Waals surface area contributed by atoms with Crippen molar-refractivity contribution in [2.75, 3.05) is 13.7 Å². The maximum Gasteiger partial charge on any atom is 0.586 e. The highest BCUT2D eigenvalue weighted by atomic mass is 19.3. The summed E-state index contributed by atoms with van der Waals surface area (Å²) in [7, 11) is 1.90. The van der Waals surface area contributed by atoms with E-state index in [1.807, 2.05) is 12.1 Å². The Morgan fingerprint density at radius 3 is 2.53 bits per heavy atom. The van der Waals surface area contributed by atoms with Crippen molar-refractivity contribution in [3.8, 4) is 17.2 Å². The number of hydrogen-bond acceptors (Lipinski definition) is 7. The molecule has 2 heterocycles. The van der Waals surface area contributed by atoms with Gasteiger partial charge in [-0.15, -0.1) is 8.78 Å². The van der Waals surface area contributed by atoms with Gasteiger partial charge < -0.3 is 24.8 Å². The topological polar surface area (TPSA) is 101 Å². The summed E-state index contributed by atoms with van der Waals surface area (Å²) in [6.45, 7) is 1.85. The van der Waals surface area contributed by atoms with Gasteiger partial charge in [0.1, 0.15) is 11.8 Å². The number of rotatable bonds is 7. The highest BCUT2D eigenvalue weighted by Crippen LogP contribution is 2.46. The summed E-state index contributed by atoms with van der Waals surface area (Å²) in [5.41, 5.74) is 3.32. The van der Waals surface area contributed by atoms with Gasteiger partial charge in [0.25, 0.3) is 5.91 Å². The van der Waals surface area contributed by atoms with Gasteiger partial charge in [0.2, 0.25) is 5.91 Å². The van der Waals surface area contributed by atoms with Gasteiger partial charge in [-0.3, -0.25) is 15.0 Å². The van der Waals surface area contributed by atoms with E-state index in [2.05, 4.69) is 32.5 Å². The number of ether oxygens (including phenoxy) is 3. The molecule has 11 heteroatoms. The van der Waals surface area contributed by atoms with Crippen molar-refractivity contribution in [1.82, 2.24) is 21.1 Å². The second-order valence-corrected chi connectivity index (χ2v) is 9.68. The van der Waals surface area contributed by atoms with Gasteiger partial charge in [0.05, 0.1) is 0 Å². The number of nitrogens with zero attached hydrogens (tertiary/aromatic N) is 1. The fraction of sp³-hybridized carbons (Fsp3) is 0.652. The van der Waals surface area contributed by atoms with Crippen molar-refractivity contribution in [2.24, 2.45) is 11.8 Å². The molecule has 4 atom stereocenters. The predicted octanol–water partition coefficient (Wildman–Crippen LogP) is 1.77. The molecule has 2 unspecified atom stereocenters. The number of benzene rings is 1. The lowest BCUT2D eigenvalue weighted by Gasteiger charge is -2.51. The fourth-order valence-corrected chi connectivity index (χ4v) is 5.47. The molecule has 1 saturated heterocycles. The number of nitrogens with one attached hydrogen (secondary N) is 3. The number of likely N-dealkylation sites (N-methyl/N-ethyl adjacent to an activating group) is 1. The molecule has 2 bridgehead atoms. The molecular weight excluding hydrogens is 450 g/mol. The van der Waals surface area contributed by atoms with E-state index in [9.17, 15) is 18.4 Å². The van der Waals surface area contributed by atoms with E-state index in [4.69, 9.17) is 4.74 Å². The summed E-state index contributed by atoms with van der Waals surface area (Å²) in [6.07, 6.45) is 0.692. The summed E-state index contributed by atoms with van der Waals surface area (Å²) in [4.78, 5) is 25.4. The molecule has 6 rings (SSSR count). The molecule has 0 aromatic heterocycles. The van der Waals surface area contributed by atoms with Crippen LogP contribution in [-0.4, -0.2) is 60.9 Å². The third-order valence-corrected chi connectivity index (χ3v) is 7.43. The summed E-state index contributed by atoms with van der Waals surface area (Å²) >= 11 is 0. The van der Waals surface area contributed by atoms with E-state index in [1.54, 1.807) is 0 Å². The van der Waals surface area contributed by atoms with Crippen molar-refractivity contribution in [3.63, 3.8) is 0 Å². The Morgan fingerprint density at radius 1 is 1.12 bits per heavy atom. The Balaban J connectivity index is 1.11. The van der Waals surface area contributed by atoms with Gasteiger partial charge in [0.15, 0.2) is 18.1 Å². The molecule has 1 aromatic carbocycles. The minimum Gasteiger partial charge on any atom is -0.484 e. The first kappa shape index (κ1) is 23.1. The summed E-state index contributed by atoms with van der Waals surface area (Å²) in [5.74, 6) is 0.593. The molecule has 3 aliphatic carbocycles. The average Bonchev–Trinajstić information content (AvgIpc) is 3.28. The minimum atomic E-state index is -3.70. The highest BCUT2D eigenvalue weighted by Gasteiger charge is 2.48. The van der Waals surface area contributed by atoms with E-state index < -0.39 is 6.29 Å². The van der Waals surface area contributed by atoms with E-state index in [1.165, 1.54) is 18.2 Å². The van der Waals surface area contributed by atoms with Crippen molar-refractivity contribution >= 4 is 11.8 Å². The van der Waals surface area contributed by atoms with Crippen LogP contribution in [0.1, 0.15) is 39.0 Å². The lowest BCUT2D eigenvalue weighted by atomic mass is 9.60. The number of hydrogen-bond donors (Lipinski definition) is 3. The Labute approximate surface area is 196 Å². The van der Waals surface area contributed by atoms with E-state index in [0.29, 0.717) is 24.3 Å². The van der Waals surface area contributed by atoms with E-state index in [-0.39, 0.29) is 53.8 Å². The Kier molecular flexibility index (Phi) is 6.01. The molecule has 4 fully saturated rings. The van der Waals surface area contributed by atoms with Gasteiger partial charge in [-0.1, -0.05) is 6.92 Å². The first-order valence-electron chi connectivity index (χ1n) is 11.8. The molecule has 2 aliphatic heterocycles. The molecule has 0 radical (unpaired) electrons. The first-order chi connectivity index (χ1) is 16.2. The maximum atomic E-state index is 13.2. The quantitative estimate of drug-likeness (QED) is 0.547. The predicted molar refractivity (Wildman–Crippen MR) is 116 cm³/mol. The van der Waals surface area contributed by atoms with Crippen LogP contribution in [0.3, 0.4) is 0 Å². The highest BCUT2D eigenvalue weighted by molar-refractivity contribution is 5.82. The molecule has 2 amide bonds. The minimum absolute atomic E-state index is 0.0306. The molecule has 0 spiro atoms. The van der Waals surface area contributed by atoms with E-state index >= 15 is 0 Å². The lowest BCUT2D eigenvalue weighted by molar-refractivity contribution is -0.286. The Hall–Kier alpha value is -2.66. The molecule has 3 saturated carbocycles. The summed E-state index contributed by atoms with van der Waals surface area (Å²) in [6, 6.07) is 4.14. The largest absolute Gasteiger partial charge is 0.586 e. The maximum absolute atomic E-state index is 13.2. The van der Waals surface area contributed by atoms with Crippen LogP contribution >= 0.6 is 0 Å². The van der Waals surface area contributed by atoms with Crippen LogP contribution in [0, 0.1) is 11.8 Å². The second-order valence-electron chi connectivity index (χ2n) is 9.68. The average molecular weight is 481 g/mol. The summed E-state index contributed by atoms with van der Waals surface area (Å²) in [5, 5.41) is 8.14. The number of carbonyl (C=O) groups excluding carboxylic acids is 2. The number of halogens is 2. The molecule has 1 aromatic rings. The van der Waals surface area contributed by atoms with Crippen LogP contribution in [0.2, 0.25) is 0 Å². The van der Waals surface area contributed by atoms with Crippen LogP contribution in [-0.2, 0) is 9.59 Å². The molecule has 9 nitrogen and oxygen atoms in total. The zero-order chi connectivity index (χ0) is 24.0. The van der Waals surface area contributed by atoms with Gasteiger partial charge in [-0.05, 0) is 56.1 Å². The molecule has 34 heavy (non-hydrogen) atoms. The van der Waals surface area contributed by atoms with Crippen LogP contribution in [0.15, 0.2) is 18.2 Å². The molecule has 186 valence electrons. The number of alkyl halides is 2. The van der Waals surface area contributed by atoms with Crippen LogP contribution < -0.4 is 30.3 Å². The van der Waals surface area contributed by atoms with Crippen molar-refractivity contribution in [3.05, 3.63) is 18.2 Å². The molecular formula is C23H30F2N4O5. The summed E-state index contributed by atoms with van der Waals surface area (Å²) < 4.78 is 40.5. The SMILES string of the molecule is CCC1CC(C(=O)N[C@@H]2C[C@H](NC(=O)COc3ccc4c(c3)OC(F)(F)O4)C3CC2C3)N(C)N1. The van der Waals surface area contributed by atoms with Crippen molar-refractivity contribution in [1.29, 1.82) is 0 Å². The lowest BCUT2D eigenvalue weighted by Crippen LogP contribution is -2.61. The van der Waals surface area contributed by atoms with E-state index in [0.717, 1.165) is 25.7 Å². The van der Waals surface area contributed by atoms with Gasteiger partial charge in [-0.25, -0.2) is 5.01 Å². The second kappa shape index (κ2) is 8.84. The Morgan fingerprint density at radius 2 is 1.82 bits per heavy atom. The van der Waals surface area contributed by atoms with Gasteiger partial charge >= 0.3 is 6.29 Å². The fourth-order valence-electron chi connectivity index (χ4n) is 5.47. The van der Waals surface area contributed by atoms with Gasteiger partial charge in [-0.2, -0.15) is 0 Å². The third-order valence-electron chi connectivity index (χ3n) is 7.43. The Bertz CT molecular complexity index is 957. The van der Waals surface area contributed by atoms with Crippen molar-refractivity contribution in [2.45, 2.75) is 69.5 Å². The normalized spacial score (nSPS) is 33.2. The smallest absolute Gasteiger partial charge is 0.484 e. The molecule has 5 aliphatic rings. The van der Waals surface area contributed by atoms with Gasteiger partial charge in [0, 0.05) is 31.2 Å². The standard InChI is InChI=1S/C23H30F2N4O5/c1-3-14-8-18(29(2)28-14)22(31)27-17-10-16(12-6-13(17)7-12)26-21(30)11-32-15-4-5-19-20(9-15)34-23(24,25)33-19/h4-5,9,12-14,16-18,28H,3,6-8,10-11H2,1-2H3,(H,26,30)(H,27,31)/t12?,13?,14?,16-,17+,18?/m0/s1. The monoisotopic (exact) mass is 480 g/mol. The zero-order valence-electron chi connectivity index (χ0n) is 19.2.